The number of hydrogen-bond acceptors (Lipinski definition) is 2. The van der Waals surface area contributed by atoms with Crippen LogP contribution in [-0.4, -0.2) is 6.71 Å². The molecule has 5 aromatic rings. The van der Waals surface area contributed by atoms with E-state index in [0.29, 0.717) is 0 Å². The molecule has 0 aromatic heterocycles. The van der Waals surface area contributed by atoms with E-state index in [-0.39, 0.29) is 6.71 Å². The lowest BCUT2D eigenvalue weighted by Crippen LogP contribution is -2.57. The molecule has 2 aliphatic heterocycles. The Morgan fingerprint density at radius 2 is 1.17 bits per heavy atom. The Kier molecular flexibility index (Phi) is 4.40. The van der Waals surface area contributed by atoms with Gasteiger partial charge in [0.15, 0.2) is 0 Å². The second kappa shape index (κ2) is 7.64. The van der Waals surface area contributed by atoms with Crippen LogP contribution in [0.5, 0.6) is 23.0 Å². The number of rotatable bonds is 2. The zero-order valence-electron chi connectivity index (χ0n) is 19.7. The molecule has 2 aliphatic rings. The fourth-order valence-electron chi connectivity index (χ4n) is 5.59. The summed E-state index contributed by atoms with van der Waals surface area (Å²) in [6.45, 7) is 4.36. The van der Waals surface area contributed by atoms with Gasteiger partial charge in [-0.15, -0.1) is 0 Å². The lowest BCUT2D eigenvalue weighted by atomic mass is 9.34. The van der Waals surface area contributed by atoms with Crippen molar-refractivity contribution >= 4 is 23.1 Å². The highest BCUT2D eigenvalue weighted by Crippen LogP contribution is 2.41. The molecular weight excluding hydrogens is 427 g/mol. The van der Waals surface area contributed by atoms with E-state index in [2.05, 4.69) is 111 Å². The van der Waals surface area contributed by atoms with Gasteiger partial charge in [0.1, 0.15) is 23.0 Å². The average molecular weight is 450 g/mol. The maximum atomic E-state index is 6.63. The largest absolute Gasteiger partial charge is 0.458 e. The summed E-state index contributed by atoms with van der Waals surface area (Å²) < 4.78 is 13.1. The molecule has 166 valence electrons. The van der Waals surface area contributed by atoms with Crippen LogP contribution in [0.4, 0.5) is 0 Å². The molecule has 0 spiro atoms. The third kappa shape index (κ3) is 3.05. The Hall–Kier alpha value is -4.24. The van der Waals surface area contributed by atoms with Crippen molar-refractivity contribution in [2.75, 3.05) is 0 Å². The van der Waals surface area contributed by atoms with Gasteiger partial charge in [0, 0.05) is 11.0 Å². The van der Waals surface area contributed by atoms with E-state index in [0.717, 1.165) is 34.0 Å². The molecule has 0 N–H and O–H groups in total. The Morgan fingerprint density at radius 3 is 1.97 bits per heavy atom. The van der Waals surface area contributed by atoms with Crippen LogP contribution < -0.4 is 25.9 Å². The molecule has 35 heavy (non-hydrogen) atoms. The summed E-state index contributed by atoms with van der Waals surface area (Å²) >= 11 is 0. The number of benzene rings is 5. The summed E-state index contributed by atoms with van der Waals surface area (Å²) in [5.74, 6) is 3.58. The molecule has 0 aliphatic carbocycles. The first kappa shape index (κ1) is 20.2. The van der Waals surface area contributed by atoms with E-state index in [9.17, 15) is 0 Å². The third-order valence-corrected chi connectivity index (χ3v) is 7.32. The van der Waals surface area contributed by atoms with E-state index >= 15 is 0 Å². The third-order valence-electron chi connectivity index (χ3n) is 7.32. The van der Waals surface area contributed by atoms with Gasteiger partial charge in [-0.25, -0.2) is 0 Å². The molecule has 0 radical (unpaired) electrons. The van der Waals surface area contributed by atoms with Gasteiger partial charge in [0.2, 0.25) is 0 Å². The first-order chi connectivity index (χ1) is 17.2. The summed E-state index contributed by atoms with van der Waals surface area (Å²) in [6.07, 6.45) is 0. The Labute approximate surface area is 205 Å². The molecule has 0 atom stereocenters. The van der Waals surface area contributed by atoms with Crippen molar-refractivity contribution in [3.63, 3.8) is 0 Å². The van der Waals surface area contributed by atoms with Crippen LogP contribution in [-0.2, 0) is 0 Å². The monoisotopic (exact) mass is 450 g/mol. The molecule has 2 nitrogen and oxygen atoms in total. The van der Waals surface area contributed by atoms with Gasteiger partial charge in [-0.3, -0.25) is 0 Å². The summed E-state index contributed by atoms with van der Waals surface area (Å²) in [6, 6.07) is 36.2. The van der Waals surface area contributed by atoms with Gasteiger partial charge in [0.05, 0.1) is 0 Å². The van der Waals surface area contributed by atoms with Crippen molar-refractivity contribution < 1.29 is 9.47 Å². The van der Waals surface area contributed by atoms with E-state index in [1.54, 1.807) is 0 Å². The number of aryl methyl sites for hydroxylation is 2. The molecule has 0 fully saturated rings. The Morgan fingerprint density at radius 1 is 0.514 bits per heavy atom. The summed E-state index contributed by atoms with van der Waals surface area (Å²) in [4.78, 5) is 0. The molecule has 0 saturated heterocycles. The summed E-state index contributed by atoms with van der Waals surface area (Å²) in [7, 11) is 0. The van der Waals surface area contributed by atoms with E-state index in [1.807, 2.05) is 6.07 Å². The number of ether oxygens (including phenoxy) is 2. The predicted molar refractivity (Wildman–Crippen MR) is 144 cm³/mol. The molecule has 7 rings (SSSR count). The van der Waals surface area contributed by atoms with Crippen LogP contribution in [0.15, 0.2) is 103 Å². The standard InChI is InChI=1S/C32H23BO2/c1-20-9-3-5-11-23(20)22-15-17-29-27(19-22)33-26-13-7-8-14-28(26)35-32-25(16-18-30(34-29)31(32)33)24-12-6-4-10-21(24)2/h3-19H,1-2H3. The first-order valence-electron chi connectivity index (χ1n) is 12.1. The number of fused-ring (bicyclic) bond motifs is 4. The maximum absolute atomic E-state index is 6.63. The highest BCUT2D eigenvalue weighted by atomic mass is 16.5. The van der Waals surface area contributed by atoms with Gasteiger partial charge in [-0.05, 0) is 76.9 Å². The number of hydrogen-bond donors (Lipinski definition) is 0. The lowest BCUT2D eigenvalue weighted by Gasteiger charge is -2.34. The average Bonchev–Trinajstić information content (AvgIpc) is 2.89. The summed E-state index contributed by atoms with van der Waals surface area (Å²) in [5.41, 5.74) is 10.7. The van der Waals surface area contributed by atoms with E-state index in [1.165, 1.54) is 38.7 Å². The van der Waals surface area contributed by atoms with Crippen LogP contribution in [0, 0.1) is 13.8 Å². The maximum Gasteiger partial charge on any atom is 0.260 e. The van der Waals surface area contributed by atoms with Crippen LogP contribution in [0.2, 0.25) is 0 Å². The van der Waals surface area contributed by atoms with Crippen LogP contribution in [0.25, 0.3) is 22.3 Å². The molecule has 5 aromatic carbocycles. The fourth-order valence-corrected chi connectivity index (χ4v) is 5.59. The van der Waals surface area contributed by atoms with Crippen molar-refractivity contribution in [3.05, 3.63) is 114 Å². The molecule has 0 bridgehead atoms. The van der Waals surface area contributed by atoms with Gasteiger partial charge in [0.25, 0.3) is 6.71 Å². The molecular formula is C32H23BO2. The second-order valence-corrected chi connectivity index (χ2v) is 9.41. The zero-order chi connectivity index (χ0) is 23.5. The fraction of sp³-hybridized carbons (Fsp3) is 0.0625. The first-order valence-corrected chi connectivity index (χ1v) is 12.1. The quantitative estimate of drug-likeness (QED) is 0.285. The highest BCUT2D eigenvalue weighted by molar-refractivity contribution is 6.98. The Balaban J connectivity index is 1.50. The molecule has 3 heteroatoms. The number of para-hydroxylation sites is 1. The van der Waals surface area contributed by atoms with E-state index in [4.69, 9.17) is 9.47 Å². The highest BCUT2D eigenvalue weighted by Gasteiger charge is 2.41. The molecule has 2 heterocycles. The van der Waals surface area contributed by atoms with Gasteiger partial charge in [-0.2, -0.15) is 0 Å². The van der Waals surface area contributed by atoms with Gasteiger partial charge >= 0.3 is 0 Å². The molecule has 0 amide bonds. The Bertz CT molecular complexity index is 1640. The predicted octanol–water partition coefficient (Wildman–Crippen LogP) is 6.37. The van der Waals surface area contributed by atoms with Crippen LogP contribution in [0.3, 0.4) is 0 Å². The molecule has 0 saturated carbocycles. The van der Waals surface area contributed by atoms with Crippen LogP contribution in [0.1, 0.15) is 11.1 Å². The van der Waals surface area contributed by atoms with Crippen LogP contribution >= 0.6 is 0 Å². The van der Waals surface area contributed by atoms with Crippen molar-refractivity contribution in [2.45, 2.75) is 13.8 Å². The van der Waals surface area contributed by atoms with Gasteiger partial charge < -0.3 is 9.47 Å². The summed E-state index contributed by atoms with van der Waals surface area (Å²) in [5, 5.41) is 0. The van der Waals surface area contributed by atoms with Crippen molar-refractivity contribution in [2.24, 2.45) is 0 Å². The normalized spacial score (nSPS) is 12.7. The SMILES string of the molecule is Cc1ccccc1-c1ccc2c(c1)B1c3ccccc3Oc3c(-c4ccccc4C)ccc(c31)O2. The smallest absolute Gasteiger partial charge is 0.260 e. The van der Waals surface area contributed by atoms with Gasteiger partial charge in [-0.1, -0.05) is 78.9 Å². The second-order valence-electron chi connectivity index (χ2n) is 9.41. The van der Waals surface area contributed by atoms with Crippen molar-refractivity contribution in [1.82, 2.24) is 0 Å². The minimum absolute atomic E-state index is 0.0432. The van der Waals surface area contributed by atoms with Crippen molar-refractivity contribution in [1.29, 1.82) is 0 Å². The minimum Gasteiger partial charge on any atom is -0.458 e. The van der Waals surface area contributed by atoms with E-state index < -0.39 is 0 Å². The zero-order valence-corrected chi connectivity index (χ0v) is 19.7. The molecule has 0 unspecified atom stereocenters. The minimum atomic E-state index is 0.0432. The van der Waals surface area contributed by atoms with Crippen molar-refractivity contribution in [3.8, 4) is 45.3 Å². The lowest BCUT2D eigenvalue weighted by molar-refractivity contribution is 0.465. The topological polar surface area (TPSA) is 18.5 Å².